The first kappa shape index (κ1) is 31.2. The van der Waals surface area contributed by atoms with Crippen LogP contribution < -0.4 is 9.62 Å². The number of hydrogen-bond acceptors (Lipinski definition) is 4. The lowest BCUT2D eigenvalue weighted by Crippen LogP contribution is -2.53. The van der Waals surface area contributed by atoms with Crippen molar-refractivity contribution >= 4 is 39.1 Å². The highest BCUT2D eigenvalue weighted by molar-refractivity contribution is 7.92. The highest BCUT2D eigenvalue weighted by Gasteiger charge is 2.34. The van der Waals surface area contributed by atoms with E-state index < -0.39 is 28.5 Å². The number of hydrogen-bond donors (Lipinski definition) is 1. The third-order valence-corrected chi connectivity index (χ3v) is 8.91. The van der Waals surface area contributed by atoms with Crippen LogP contribution in [0.1, 0.15) is 50.3 Å². The van der Waals surface area contributed by atoms with Gasteiger partial charge in [0.05, 0.1) is 10.6 Å². The second-order valence-corrected chi connectivity index (χ2v) is 12.3. The molecule has 3 aromatic carbocycles. The zero-order chi connectivity index (χ0) is 29.4. The van der Waals surface area contributed by atoms with Crippen LogP contribution >= 0.6 is 11.6 Å². The molecule has 1 N–H and O–H groups in total. The summed E-state index contributed by atoms with van der Waals surface area (Å²) in [5, 5.41) is 3.39. The molecule has 0 saturated carbocycles. The van der Waals surface area contributed by atoms with E-state index in [1.165, 1.54) is 29.2 Å². The van der Waals surface area contributed by atoms with Gasteiger partial charge in [-0.25, -0.2) is 8.42 Å². The molecule has 2 amide bonds. The Kier molecular flexibility index (Phi) is 10.8. The fourth-order valence-electron chi connectivity index (χ4n) is 4.46. The quantitative estimate of drug-likeness (QED) is 0.289. The van der Waals surface area contributed by atoms with Gasteiger partial charge in [0.2, 0.25) is 11.8 Å². The number of benzene rings is 3. The molecule has 0 unspecified atom stereocenters. The molecule has 3 aromatic rings. The van der Waals surface area contributed by atoms with E-state index in [-0.39, 0.29) is 23.4 Å². The number of para-hydroxylation sites is 1. The maximum Gasteiger partial charge on any atom is 0.264 e. The summed E-state index contributed by atoms with van der Waals surface area (Å²) in [6.07, 6.45) is 1.11. The maximum absolute atomic E-state index is 14.1. The number of anilines is 1. The highest BCUT2D eigenvalue weighted by Crippen LogP contribution is 2.28. The van der Waals surface area contributed by atoms with Crippen LogP contribution in [0.4, 0.5) is 5.69 Å². The van der Waals surface area contributed by atoms with Crippen molar-refractivity contribution in [2.75, 3.05) is 10.8 Å². The molecule has 0 aromatic heterocycles. The lowest BCUT2D eigenvalue weighted by atomic mass is 10.1. The van der Waals surface area contributed by atoms with E-state index in [1.807, 2.05) is 58.0 Å². The van der Waals surface area contributed by atoms with Gasteiger partial charge in [-0.3, -0.25) is 13.9 Å². The number of sulfonamides is 1. The minimum Gasteiger partial charge on any atom is -0.352 e. The molecule has 0 saturated heterocycles. The van der Waals surface area contributed by atoms with Crippen LogP contribution in [0.5, 0.6) is 0 Å². The van der Waals surface area contributed by atoms with Crippen LogP contribution in [0.2, 0.25) is 5.02 Å². The number of nitrogens with one attached hydrogen (secondary N) is 1. The molecule has 7 nitrogen and oxygen atoms in total. The number of rotatable bonds is 12. The molecule has 0 aliphatic carbocycles. The molecule has 9 heteroatoms. The summed E-state index contributed by atoms with van der Waals surface area (Å²) in [5.74, 6) is -0.741. The first-order chi connectivity index (χ1) is 19.0. The van der Waals surface area contributed by atoms with Crippen molar-refractivity contribution < 1.29 is 18.0 Å². The largest absolute Gasteiger partial charge is 0.352 e. The molecule has 0 radical (unpaired) electrons. The smallest absolute Gasteiger partial charge is 0.264 e. The second-order valence-electron chi connectivity index (χ2n) is 10.0. The Morgan fingerprint density at radius 2 is 1.60 bits per heavy atom. The zero-order valence-electron chi connectivity index (χ0n) is 23.7. The Hall–Kier alpha value is -3.36. The van der Waals surface area contributed by atoms with Gasteiger partial charge in [-0.15, -0.1) is 0 Å². The Morgan fingerprint density at radius 3 is 2.20 bits per heavy atom. The molecule has 0 aliphatic rings. The van der Waals surface area contributed by atoms with Crippen LogP contribution in [0, 0.1) is 13.8 Å². The molecule has 214 valence electrons. The molecule has 0 aliphatic heterocycles. The lowest BCUT2D eigenvalue weighted by molar-refractivity contribution is -0.140. The van der Waals surface area contributed by atoms with E-state index in [2.05, 4.69) is 5.32 Å². The van der Waals surface area contributed by atoms with Gasteiger partial charge in [-0.05, 0) is 75.1 Å². The Balaban J connectivity index is 2.07. The molecule has 2 atom stereocenters. The standard InChI is InChI=1S/C31H38ClN3O4S/c1-6-24(5)33-31(37)28(7-2)34(20-25-13-10-11-22(3)19-25)30(36)21-35(29-14-9-8-12-23(29)4)40(38,39)27-17-15-26(32)16-18-27/h8-19,24,28H,6-7,20-21H2,1-5H3,(H,33,37)/t24-,28+/m1/s1. The van der Waals surface area contributed by atoms with Crippen molar-refractivity contribution in [2.45, 2.75) is 71.0 Å². The average molecular weight is 584 g/mol. The number of amides is 2. The van der Waals surface area contributed by atoms with Crippen molar-refractivity contribution in [3.05, 3.63) is 94.5 Å². The van der Waals surface area contributed by atoms with E-state index >= 15 is 0 Å². The van der Waals surface area contributed by atoms with Crippen molar-refractivity contribution in [1.29, 1.82) is 0 Å². The lowest BCUT2D eigenvalue weighted by Gasteiger charge is -2.34. The fraction of sp³-hybridized carbons (Fsp3) is 0.355. The average Bonchev–Trinajstić information content (AvgIpc) is 2.92. The third kappa shape index (κ3) is 7.64. The fourth-order valence-corrected chi connectivity index (χ4v) is 6.06. The monoisotopic (exact) mass is 583 g/mol. The molecule has 0 heterocycles. The number of aryl methyl sites for hydroxylation is 2. The first-order valence-corrected chi connectivity index (χ1v) is 15.3. The van der Waals surface area contributed by atoms with E-state index in [4.69, 9.17) is 11.6 Å². The molecule has 3 rings (SSSR count). The summed E-state index contributed by atoms with van der Waals surface area (Å²) in [4.78, 5) is 29.0. The minimum atomic E-state index is -4.15. The Morgan fingerprint density at radius 1 is 0.925 bits per heavy atom. The number of carbonyl (C=O) groups is 2. The van der Waals surface area contributed by atoms with E-state index in [0.717, 1.165) is 21.9 Å². The number of halogens is 1. The van der Waals surface area contributed by atoms with Gasteiger partial charge in [0.1, 0.15) is 12.6 Å². The van der Waals surface area contributed by atoms with Crippen molar-refractivity contribution in [3.63, 3.8) is 0 Å². The van der Waals surface area contributed by atoms with Crippen LogP contribution in [0.15, 0.2) is 77.7 Å². The van der Waals surface area contributed by atoms with Crippen LogP contribution in [-0.2, 0) is 26.2 Å². The molecule has 0 bridgehead atoms. The summed E-state index contributed by atoms with van der Waals surface area (Å²) >= 11 is 6.02. The predicted molar refractivity (Wildman–Crippen MR) is 161 cm³/mol. The van der Waals surface area contributed by atoms with E-state index in [9.17, 15) is 18.0 Å². The van der Waals surface area contributed by atoms with Crippen LogP contribution in [0.3, 0.4) is 0 Å². The number of nitrogens with zero attached hydrogens (tertiary/aromatic N) is 2. The van der Waals surface area contributed by atoms with Gasteiger partial charge < -0.3 is 10.2 Å². The Bertz CT molecular complexity index is 1430. The summed E-state index contributed by atoms with van der Waals surface area (Å²) in [7, 11) is -4.15. The van der Waals surface area contributed by atoms with Gasteiger partial charge in [0.25, 0.3) is 10.0 Å². The van der Waals surface area contributed by atoms with Gasteiger partial charge in [0.15, 0.2) is 0 Å². The molecule has 40 heavy (non-hydrogen) atoms. The maximum atomic E-state index is 14.1. The van der Waals surface area contributed by atoms with Gasteiger partial charge in [-0.2, -0.15) is 0 Å². The van der Waals surface area contributed by atoms with Gasteiger partial charge in [0, 0.05) is 17.6 Å². The minimum absolute atomic E-state index is 0.0137. The first-order valence-electron chi connectivity index (χ1n) is 13.5. The van der Waals surface area contributed by atoms with E-state index in [0.29, 0.717) is 22.7 Å². The molecular formula is C31H38ClN3O4S. The number of carbonyl (C=O) groups excluding carboxylic acids is 2. The van der Waals surface area contributed by atoms with Crippen molar-refractivity contribution in [3.8, 4) is 0 Å². The van der Waals surface area contributed by atoms with Crippen LogP contribution in [-0.4, -0.2) is 43.8 Å². The van der Waals surface area contributed by atoms with Gasteiger partial charge in [-0.1, -0.05) is 73.5 Å². The normalized spacial score (nSPS) is 12.8. The summed E-state index contributed by atoms with van der Waals surface area (Å²) in [6, 6.07) is 19.7. The molecular weight excluding hydrogens is 546 g/mol. The summed E-state index contributed by atoms with van der Waals surface area (Å²) in [6.45, 7) is 9.18. The summed E-state index contributed by atoms with van der Waals surface area (Å²) in [5.41, 5.74) is 2.96. The van der Waals surface area contributed by atoms with Crippen LogP contribution in [0.25, 0.3) is 0 Å². The SMILES string of the molecule is CC[C@@H](C)NC(=O)[C@H](CC)N(Cc1cccc(C)c1)C(=O)CN(c1ccccc1C)S(=O)(=O)c1ccc(Cl)cc1. The van der Waals surface area contributed by atoms with E-state index in [1.54, 1.807) is 25.1 Å². The predicted octanol–water partition coefficient (Wildman–Crippen LogP) is 5.87. The second kappa shape index (κ2) is 13.8. The third-order valence-electron chi connectivity index (χ3n) is 6.89. The summed E-state index contributed by atoms with van der Waals surface area (Å²) < 4.78 is 29.0. The topological polar surface area (TPSA) is 86.8 Å². The highest BCUT2D eigenvalue weighted by atomic mass is 35.5. The Labute approximate surface area is 243 Å². The van der Waals surface area contributed by atoms with Crippen molar-refractivity contribution in [2.24, 2.45) is 0 Å². The molecule has 0 spiro atoms. The van der Waals surface area contributed by atoms with Crippen molar-refractivity contribution in [1.82, 2.24) is 10.2 Å². The van der Waals surface area contributed by atoms with Gasteiger partial charge >= 0.3 is 0 Å². The zero-order valence-corrected chi connectivity index (χ0v) is 25.3. The molecule has 0 fully saturated rings.